The summed E-state index contributed by atoms with van der Waals surface area (Å²) in [4.78, 5) is 29.3. The number of nitrogens with one attached hydrogen (secondary N) is 2. The van der Waals surface area contributed by atoms with E-state index in [1.165, 1.54) is 12.1 Å². The predicted octanol–water partition coefficient (Wildman–Crippen LogP) is 5.74. The third kappa shape index (κ3) is 8.12. The average molecular weight is 513 g/mol. The van der Waals surface area contributed by atoms with Crippen molar-refractivity contribution in [2.45, 2.75) is 44.4 Å². The zero-order valence-corrected chi connectivity index (χ0v) is 20.6. The lowest BCUT2D eigenvalue weighted by Gasteiger charge is -2.39. The maximum atomic E-state index is 13.5. The molecule has 0 radical (unpaired) electrons. The van der Waals surface area contributed by atoms with E-state index in [0.717, 1.165) is 44.3 Å². The number of hydrogen-bond acceptors (Lipinski definition) is 3. The molecule has 9 heteroatoms. The zero-order chi connectivity index (χ0) is 26.8. The van der Waals surface area contributed by atoms with Crippen LogP contribution in [0.25, 0.3) is 0 Å². The fourth-order valence-electron chi connectivity index (χ4n) is 4.34. The van der Waals surface area contributed by atoms with E-state index in [4.69, 9.17) is 6.42 Å². The third-order valence-electron chi connectivity index (χ3n) is 6.30. The van der Waals surface area contributed by atoms with Crippen LogP contribution in [-0.2, 0) is 17.5 Å². The van der Waals surface area contributed by atoms with Crippen molar-refractivity contribution in [2.24, 2.45) is 0 Å². The number of nitrogens with zero attached hydrogens (tertiary/aromatic N) is 2. The molecule has 1 saturated heterocycles. The number of carbonyl (C=O) groups is 2. The van der Waals surface area contributed by atoms with E-state index in [2.05, 4.69) is 28.0 Å². The Bertz CT molecular complexity index is 1130. The fourth-order valence-corrected chi connectivity index (χ4v) is 4.34. The summed E-state index contributed by atoms with van der Waals surface area (Å²) < 4.78 is 39.6. The second kappa shape index (κ2) is 13.0. The summed E-state index contributed by atoms with van der Waals surface area (Å²) in [7, 11) is 0. The molecule has 37 heavy (non-hydrogen) atoms. The van der Waals surface area contributed by atoms with Crippen LogP contribution in [0.15, 0.2) is 61.2 Å². The molecule has 3 amide bonds. The summed E-state index contributed by atoms with van der Waals surface area (Å²) in [6.45, 7) is 6.07. The average Bonchev–Trinajstić information content (AvgIpc) is 2.88. The molecule has 0 aromatic heterocycles. The molecule has 0 aliphatic carbocycles. The van der Waals surface area contributed by atoms with Gasteiger partial charge in [0.25, 0.3) is 0 Å². The Morgan fingerprint density at radius 3 is 2.54 bits per heavy atom. The summed E-state index contributed by atoms with van der Waals surface area (Å²) in [5.41, 5.74) is 0.462. The highest BCUT2D eigenvalue weighted by Crippen LogP contribution is 2.31. The summed E-state index contributed by atoms with van der Waals surface area (Å²) in [5, 5.41) is 5.40. The minimum Gasteiger partial charge on any atom is -0.322 e. The third-order valence-corrected chi connectivity index (χ3v) is 6.30. The van der Waals surface area contributed by atoms with Crippen LogP contribution in [0.1, 0.15) is 36.8 Å². The molecule has 1 aliphatic heterocycles. The largest absolute Gasteiger partial charge is 0.416 e. The molecular weight excluding hydrogens is 481 g/mol. The number of halogens is 3. The Hall–Kier alpha value is -3.77. The molecule has 1 aliphatic rings. The van der Waals surface area contributed by atoms with E-state index in [1.807, 2.05) is 0 Å². The molecule has 0 saturated carbocycles. The first kappa shape index (κ1) is 27.8. The zero-order valence-electron chi connectivity index (χ0n) is 20.6. The van der Waals surface area contributed by atoms with Crippen LogP contribution in [0, 0.1) is 12.3 Å². The topological polar surface area (TPSA) is 64.7 Å². The van der Waals surface area contributed by atoms with Crippen LogP contribution in [-0.4, -0.2) is 47.4 Å². The quantitative estimate of drug-likeness (QED) is 0.256. The van der Waals surface area contributed by atoms with Gasteiger partial charge in [-0.3, -0.25) is 4.79 Å². The SMILES string of the molecule is C#CCCCN1CCC(N(Cc2ccccc2NC(=O)C=C)C(=O)Nc2cccc(C(F)(F)F)c2)CC1. The number of urea groups is 1. The Morgan fingerprint density at radius 1 is 1.14 bits per heavy atom. The second-order valence-electron chi connectivity index (χ2n) is 8.87. The number of likely N-dealkylation sites (tertiary alicyclic amines) is 1. The smallest absolute Gasteiger partial charge is 0.322 e. The van der Waals surface area contributed by atoms with Crippen molar-refractivity contribution in [1.29, 1.82) is 0 Å². The summed E-state index contributed by atoms with van der Waals surface area (Å²) in [6.07, 6.45) is 5.00. The van der Waals surface area contributed by atoms with Gasteiger partial charge >= 0.3 is 12.2 Å². The summed E-state index contributed by atoms with van der Waals surface area (Å²) in [5.74, 6) is 2.26. The lowest BCUT2D eigenvalue weighted by atomic mass is 10.0. The van der Waals surface area contributed by atoms with Crippen LogP contribution in [0.4, 0.5) is 29.3 Å². The van der Waals surface area contributed by atoms with Gasteiger partial charge in [0.1, 0.15) is 0 Å². The first-order valence-corrected chi connectivity index (χ1v) is 12.1. The van der Waals surface area contributed by atoms with Crippen LogP contribution in [0.2, 0.25) is 0 Å². The number of anilines is 2. The van der Waals surface area contributed by atoms with Crippen molar-refractivity contribution >= 4 is 23.3 Å². The van der Waals surface area contributed by atoms with E-state index >= 15 is 0 Å². The second-order valence-corrected chi connectivity index (χ2v) is 8.87. The maximum Gasteiger partial charge on any atom is 0.416 e. The maximum absolute atomic E-state index is 13.5. The number of para-hydroxylation sites is 1. The molecule has 196 valence electrons. The standard InChI is InChI=1S/C28H31F3N4O2/c1-3-5-8-16-34-17-14-24(15-18-34)35(20-21-10-6-7-13-25(21)33-26(36)4-2)27(37)32-23-12-9-11-22(19-23)28(29,30)31/h1,4,6-7,9-13,19,24H,2,5,8,14-18,20H2,(H,32,37)(H,33,36). The monoisotopic (exact) mass is 512 g/mol. The molecule has 2 N–H and O–H groups in total. The highest BCUT2D eigenvalue weighted by atomic mass is 19.4. The molecule has 1 fully saturated rings. The lowest BCUT2D eigenvalue weighted by molar-refractivity contribution is -0.137. The molecule has 6 nitrogen and oxygen atoms in total. The van der Waals surface area contributed by atoms with Crippen molar-refractivity contribution in [3.05, 3.63) is 72.3 Å². The van der Waals surface area contributed by atoms with Crippen LogP contribution >= 0.6 is 0 Å². The van der Waals surface area contributed by atoms with E-state index in [1.54, 1.807) is 29.2 Å². The fraction of sp³-hybridized carbons (Fsp3) is 0.357. The number of benzene rings is 2. The molecule has 0 unspecified atom stereocenters. The minimum absolute atomic E-state index is 0.0600. The summed E-state index contributed by atoms with van der Waals surface area (Å²) >= 11 is 0. The van der Waals surface area contributed by atoms with Crippen molar-refractivity contribution in [3.8, 4) is 12.3 Å². The van der Waals surface area contributed by atoms with Gasteiger partial charge in [-0.25, -0.2) is 4.79 Å². The molecule has 0 spiro atoms. The van der Waals surface area contributed by atoms with E-state index in [-0.39, 0.29) is 24.2 Å². The van der Waals surface area contributed by atoms with Gasteiger partial charge in [-0.05, 0) is 61.7 Å². The van der Waals surface area contributed by atoms with Gasteiger partial charge in [-0.15, -0.1) is 12.3 Å². The van der Waals surface area contributed by atoms with Gasteiger partial charge in [0.05, 0.1) is 5.56 Å². The number of piperidine rings is 1. The Labute approximate surface area is 215 Å². The number of amides is 3. The van der Waals surface area contributed by atoms with E-state index in [9.17, 15) is 22.8 Å². The molecule has 0 bridgehead atoms. The minimum atomic E-state index is -4.52. The summed E-state index contributed by atoms with van der Waals surface area (Å²) in [6, 6.07) is 11.0. The normalized spacial score (nSPS) is 14.4. The molecule has 1 heterocycles. The van der Waals surface area contributed by atoms with Crippen molar-refractivity contribution in [2.75, 3.05) is 30.3 Å². The van der Waals surface area contributed by atoms with Gasteiger partial charge in [0.15, 0.2) is 0 Å². The van der Waals surface area contributed by atoms with Crippen LogP contribution in [0.5, 0.6) is 0 Å². The van der Waals surface area contributed by atoms with Gasteiger partial charge in [-0.2, -0.15) is 13.2 Å². The van der Waals surface area contributed by atoms with Gasteiger partial charge in [0, 0.05) is 43.5 Å². The number of terminal acetylenes is 1. The van der Waals surface area contributed by atoms with Gasteiger partial charge in [-0.1, -0.05) is 30.8 Å². The Morgan fingerprint density at radius 2 is 1.86 bits per heavy atom. The van der Waals surface area contributed by atoms with E-state index in [0.29, 0.717) is 30.5 Å². The molecule has 3 rings (SSSR count). The van der Waals surface area contributed by atoms with Gasteiger partial charge < -0.3 is 20.4 Å². The van der Waals surface area contributed by atoms with Crippen LogP contribution in [0.3, 0.4) is 0 Å². The molecular formula is C28H31F3N4O2. The number of unbranched alkanes of at least 4 members (excludes halogenated alkanes) is 1. The predicted molar refractivity (Wildman–Crippen MR) is 139 cm³/mol. The van der Waals surface area contributed by atoms with Crippen molar-refractivity contribution in [3.63, 3.8) is 0 Å². The number of carbonyl (C=O) groups excluding carboxylic acids is 2. The van der Waals surface area contributed by atoms with Crippen molar-refractivity contribution < 1.29 is 22.8 Å². The molecule has 2 aromatic carbocycles. The Kier molecular flexibility index (Phi) is 9.75. The number of rotatable bonds is 9. The van der Waals surface area contributed by atoms with Crippen molar-refractivity contribution in [1.82, 2.24) is 9.80 Å². The number of alkyl halides is 3. The molecule has 2 aromatic rings. The van der Waals surface area contributed by atoms with Crippen LogP contribution < -0.4 is 10.6 Å². The van der Waals surface area contributed by atoms with E-state index < -0.39 is 17.8 Å². The first-order chi connectivity index (χ1) is 17.7. The highest BCUT2D eigenvalue weighted by molar-refractivity contribution is 5.99. The highest BCUT2D eigenvalue weighted by Gasteiger charge is 2.32. The van der Waals surface area contributed by atoms with Gasteiger partial charge in [0.2, 0.25) is 5.91 Å². The lowest BCUT2D eigenvalue weighted by Crippen LogP contribution is -2.48. The first-order valence-electron chi connectivity index (χ1n) is 12.1. The molecule has 0 atom stereocenters. The Balaban J connectivity index is 1.81. The number of hydrogen-bond donors (Lipinski definition) is 2.